The van der Waals surface area contributed by atoms with Gasteiger partial charge >= 0.3 is 6.18 Å². The van der Waals surface area contributed by atoms with E-state index in [9.17, 15) is 18.0 Å². The SMILES string of the molecule is Cc1cc(C(=O)N[C@H]2CCCn3nc(-c4ccnc(C(F)(F)F)c4)cc32)n(-c2ccccc2)n1. The molecule has 5 rings (SSSR count). The molecular formula is C24H21F3N6O. The molecule has 10 heteroatoms. The standard InChI is InChI=1S/C24H21F3N6O/c1-15-12-21(33(30-15)17-6-3-2-4-7-17)23(34)29-18-8-5-11-32-20(18)14-19(31-32)16-9-10-28-22(13-16)24(25,26)27/h2-4,6-7,9-10,12-14,18H,5,8,11H2,1H3,(H,29,34)/t18-/m0/s1. The van der Waals surface area contributed by atoms with Gasteiger partial charge in [-0.25, -0.2) is 4.68 Å². The summed E-state index contributed by atoms with van der Waals surface area (Å²) >= 11 is 0. The summed E-state index contributed by atoms with van der Waals surface area (Å²) in [5.74, 6) is -0.283. The molecule has 4 heterocycles. The predicted octanol–water partition coefficient (Wildman–Crippen LogP) is 4.72. The fourth-order valence-electron chi connectivity index (χ4n) is 4.18. The second kappa shape index (κ2) is 8.44. The van der Waals surface area contributed by atoms with E-state index in [0.29, 0.717) is 35.6 Å². The number of hydrogen-bond donors (Lipinski definition) is 1. The van der Waals surface area contributed by atoms with Gasteiger partial charge in [0.2, 0.25) is 0 Å². The van der Waals surface area contributed by atoms with Crippen molar-refractivity contribution in [1.82, 2.24) is 29.9 Å². The van der Waals surface area contributed by atoms with Gasteiger partial charge in [0, 0.05) is 18.3 Å². The molecule has 0 aliphatic carbocycles. The number of carbonyl (C=O) groups is 1. The lowest BCUT2D eigenvalue weighted by atomic mass is 10.0. The summed E-state index contributed by atoms with van der Waals surface area (Å²) in [4.78, 5) is 16.6. The highest BCUT2D eigenvalue weighted by atomic mass is 19.4. The van der Waals surface area contributed by atoms with E-state index in [4.69, 9.17) is 0 Å². The molecule has 1 aromatic carbocycles. The van der Waals surface area contributed by atoms with Crippen molar-refractivity contribution in [2.24, 2.45) is 0 Å². The maximum absolute atomic E-state index is 13.2. The van der Waals surface area contributed by atoms with E-state index in [2.05, 4.69) is 20.5 Å². The molecule has 1 N–H and O–H groups in total. The maximum Gasteiger partial charge on any atom is 0.433 e. The first-order valence-corrected chi connectivity index (χ1v) is 10.8. The van der Waals surface area contributed by atoms with E-state index in [1.165, 1.54) is 6.07 Å². The van der Waals surface area contributed by atoms with Crippen LogP contribution in [0, 0.1) is 6.92 Å². The van der Waals surface area contributed by atoms with Gasteiger partial charge in [-0.05, 0) is 56.2 Å². The first-order valence-electron chi connectivity index (χ1n) is 10.8. The Kier molecular flexibility index (Phi) is 5.43. The summed E-state index contributed by atoms with van der Waals surface area (Å²) in [6.45, 7) is 2.45. The number of nitrogens with one attached hydrogen (secondary N) is 1. The zero-order valence-corrected chi connectivity index (χ0v) is 18.3. The number of alkyl halides is 3. The quantitative estimate of drug-likeness (QED) is 0.472. The number of pyridine rings is 1. The highest BCUT2D eigenvalue weighted by molar-refractivity contribution is 5.93. The number of amides is 1. The maximum atomic E-state index is 13.2. The first kappa shape index (κ1) is 21.9. The van der Waals surface area contributed by atoms with Crippen LogP contribution in [0.15, 0.2) is 60.8 Å². The zero-order valence-electron chi connectivity index (χ0n) is 18.3. The van der Waals surface area contributed by atoms with E-state index < -0.39 is 11.9 Å². The van der Waals surface area contributed by atoms with Crippen LogP contribution in [0.25, 0.3) is 16.9 Å². The van der Waals surface area contributed by atoms with E-state index in [0.717, 1.165) is 30.1 Å². The molecule has 0 fully saturated rings. The van der Waals surface area contributed by atoms with Crippen molar-refractivity contribution in [2.45, 2.75) is 38.5 Å². The van der Waals surface area contributed by atoms with Crippen molar-refractivity contribution in [3.05, 3.63) is 83.6 Å². The smallest absolute Gasteiger partial charge is 0.342 e. The highest BCUT2D eigenvalue weighted by Crippen LogP contribution is 2.33. The molecule has 34 heavy (non-hydrogen) atoms. The van der Waals surface area contributed by atoms with Gasteiger partial charge in [-0.3, -0.25) is 14.5 Å². The lowest BCUT2D eigenvalue weighted by molar-refractivity contribution is -0.141. The third kappa shape index (κ3) is 4.18. The van der Waals surface area contributed by atoms with Crippen LogP contribution in [-0.4, -0.2) is 30.5 Å². The number of aryl methyl sites for hydroxylation is 2. The topological polar surface area (TPSA) is 77.6 Å². The van der Waals surface area contributed by atoms with Gasteiger partial charge in [0.1, 0.15) is 11.4 Å². The Morgan fingerprint density at radius 2 is 1.88 bits per heavy atom. The number of hydrogen-bond acceptors (Lipinski definition) is 4. The molecule has 1 aliphatic heterocycles. The number of fused-ring (bicyclic) bond motifs is 1. The van der Waals surface area contributed by atoms with Gasteiger partial charge in [-0.15, -0.1) is 0 Å². The minimum absolute atomic E-state index is 0.283. The predicted molar refractivity (Wildman–Crippen MR) is 118 cm³/mol. The summed E-state index contributed by atoms with van der Waals surface area (Å²) in [6, 6.07) is 15.0. The molecule has 1 atom stereocenters. The Bertz CT molecular complexity index is 1340. The van der Waals surface area contributed by atoms with E-state index in [-0.39, 0.29) is 11.9 Å². The van der Waals surface area contributed by atoms with Crippen molar-refractivity contribution in [3.8, 4) is 16.9 Å². The normalized spacial score (nSPS) is 15.7. The summed E-state index contributed by atoms with van der Waals surface area (Å²) < 4.78 is 42.6. The second-order valence-electron chi connectivity index (χ2n) is 8.19. The number of para-hydroxylation sites is 1. The fourth-order valence-corrected chi connectivity index (χ4v) is 4.18. The Labute approximate surface area is 193 Å². The summed E-state index contributed by atoms with van der Waals surface area (Å²) in [5, 5.41) is 12.0. The van der Waals surface area contributed by atoms with Crippen LogP contribution < -0.4 is 5.32 Å². The Hall–Kier alpha value is -3.95. The Morgan fingerprint density at radius 3 is 2.65 bits per heavy atom. The van der Waals surface area contributed by atoms with Crippen LogP contribution in [0.2, 0.25) is 0 Å². The molecule has 3 aromatic heterocycles. The molecule has 7 nitrogen and oxygen atoms in total. The van der Waals surface area contributed by atoms with Gasteiger partial charge in [0.05, 0.1) is 28.8 Å². The van der Waals surface area contributed by atoms with Crippen molar-refractivity contribution in [1.29, 1.82) is 0 Å². The molecule has 0 saturated heterocycles. The molecule has 1 amide bonds. The third-order valence-corrected chi connectivity index (χ3v) is 5.75. The Morgan fingerprint density at radius 1 is 1.09 bits per heavy atom. The van der Waals surface area contributed by atoms with Crippen molar-refractivity contribution in [3.63, 3.8) is 0 Å². The van der Waals surface area contributed by atoms with E-state index in [1.54, 1.807) is 21.5 Å². The summed E-state index contributed by atoms with van der Waals surface area (Å²) in [7, 11) is 0. The first-order chi connectivity index (χ1) is 16.3. The van der Waals surface area contributed by atoms with Crippen LogP contribution in [0.1, 0.15) is 46.5 Å². The number of rotatable bonds is 4. The summed E-state index contributed by atoms with van der Waals surface area (Å²) in [6.07, 6.45) is -1.94. The van der Waals surface area contributed by atoms with E-state index >= 15 is 0 Å². The number of carbonyl (C=O) groups excluding carboxylic acids is 1. The highest BCUT2D eigenvalue weighted by Gasteiger charge is 2.33. The zero-order chi connectivity index (χ0) is 23.9. The lowest BCUT2D eigenvalue weighted by Gasteiger charge is -2.24. The molecular weight excluding hydrogens is 445 g/mol. The monoisotopic (exact) mass is 466 g/mol. The molecule has 1 aliphatic rings. The average Bonchev–Trinajstić information content (AvgIpc) is 3.44. The molecule has 174 valence electrons. The van der Waals surface area contributed by atoms with E-state index in [1.807, 2.05) is 37.3 Å². The largest absolute Gasteiger partial charge is 0.433 e. The van der Waals surface area contributed by atoms with Crippen molar-refractivity contribution < 1.29 is 18.0 Å². The fraction of sp³-hybridized carbons (Fsp3) is 0.250. The van der Waals surface area contributed by atoms with Crippen LogP contribution in [0.4, 0.5) is 13.2 Å². The number of benzene rings is 1. The minimum atomic E-state index is -4.54. The molecule has 0 radical (unpaired) electrons. The van der Waals surface area contributed by atoms with Gasteiger partial charge in [0.25, 0.3) is 5.91 Å². The van der Waals surface area contributed by atoms with Crippen LogP contribution in [0.3, 0.4) is 0 Å². The molecule has 0 unspecified atom stereocenters. The van der Waals surface area contributed by atoms with Gasteiger partial charge < -0.3 is 5.32 Å². The molecule has 0 saturated carbocycles. The summed E-state index contributed by atoms with van der Waals surface area (Å²) in [5.41, 5.74) is 2.41. The molecule has 0 spiro atoms. The van der Waals surface area contributed by atoms with Crippen LogP contribution in [-0.2, 0) is 12.7 Å². The Balaban J connectivity index is 1.43. The van der Waals surface area contributed by atoms with Gasteiger partial charge in [0.15, 0.2) is 0 Å². The second-order valence-corrected chi connectivity index (χ2v) is 8.19. The third-order valence-electron chi connectivity index (χ3n) is 5.75. The number of nitrogens with zero attached hydrogens (tertiary/aromatic N) is 5. The molecule has 4 aromatic rings. The average molecular weight is 466 g/mol. The number of halogens is 3. The van der Waals surface area contributed by atoms with Crippen molar-refractivity contribution >= 4 is 5.91 Å². The van der Waals surface area contributed by atoms with Crippen LogP contribution in [0.5, 0.6) is 0 Å². The van der Waals surface area contributed by atoms with Crippen molar-refractivity contribution in [2.75, 3.05) is 0 Å². The van der Waals surface area contributed by atoms with Gasteiger partial charge in [-0.1, -0.05) is 18.2 Å². The lowest BCUT2D eigenvalue weighted by Crippen LogP contribution is -2.33. The molecule has 0 bridgehead atoms. The number of aromatic nitrogens is 5. The minimum Gasteiger partial charge on any atom is -0.342 e. The van der Waals surface area contributed by atoms with Gasteiger partial charge in [-0.2, -0.15) is 23.4 Å². The van der Waals surface area contributed by atoms with Crippen LogP contribution >= 0.6 is 0 Å².